The first-order valence-electron chi connectivity index (χ1n) is 11.3. The number of aromatic amines is 1. The third-order valence-corrected chi connectivity index (χ3v) is 7.43. The van der Waals surface area contributed by atoms with Gasteiger partial charge in [-0.05, 0) is 56.8 Å². The molecule has 5 atom stereocenters. The predicted molar refractivity (Wildman–Crippen MR) is 143 cm³/mol. The minimum absolute atomic E-state index is 0.276. The molecule has 15 heteroatoms. The summed E-state index contributed by atoms with van der Waals surface area (Å²) < 4.78 is 23.5. The summed E-state index contributed by atoms with van der Waals surface area (Å²) in [6.07, 6.45) is 1.86. The molecule has 2 rings (SSSR count). The van der Waals surface area contributed by atoms with Crippen LogP contribution in [0.3, 0.4) is 0 Å². The maximum absolute atomic E-state index is 12.4. The lowest BCUT2D eigenvalue weighted by Crippen LogP contribution is -2.41. The number of benzene rings is 1. The number of aromatic nitrogens is 2. The summed E-state index contributed by atoms with van der Waals surface area (Å²) in [5.41, 5.74) is -1.51. The van der Waals surface area contributed by atoms with Gasteiger partial charge in [-0.15, -0.1) is 6.42 Å². The fourth-order valence-electron chi connectivity index (χ4n) is 2.88. The molecule has 0 spiro atoms. The van der Waals surface area contributed by atoms with Crippen molar-refractivity contribution in [2.45, 2.75) is 51.4 Å². The lowest BCUT2D eigenvalue weighted by molar-refractivity contribution is -0.149. The second-order valence-electron chi connectivity index (χ2n) is 8.12. The normalized spacial score (nSPS) is 16.1. The molecule has 1 aromatic heterocycles. The third-order valence-electron chi connectivity index (χ3n) is 4.68. The Bertz CT molecular complexity index is 1280. The molecule has 0 bridgehead atoms. The van der Waals surface area contributed by atoms with Gasteiger partial charge in [-0.2, -0.15) is 0 Å². The van der Waals surface area contributed by atoms with Crippen molar-refractivity contribution >= 4 is 36.0 Å². The van der Waals surface area contributed by atoms with Gasteiger partial charge in [-0.3, -0.25) is 19.1 Å². The van der Waals surface area contributed by atoms with E-state index in [1.807, 2.05) is 4.98 Å². The van der Waals surface area contributed by atoms with Gasteiger partial charge in [-0.25, -0.2) is 9.88 Å². The molecule has 0 aliphatic carbocycles. The van der Waals surface area contributed by atoms with Crippen molar-refractivity contribution in [3.05, 3.63) is 62.4 Å². The number of aliphatic hydroxyl groups is 2. The van der Waals surface area contributed by atoms with Gasteiger partial charge in [0.05, 0.1) is 19.3 Å². The summed E-state index contributed by atoms with van der Waals surface area (Å²) in [6.45, 7) is 0.138. The van der Waals surface area contributed by atoms with Gasteiger partial charge < -0.3 is 28.7 Å². The molecule has 208 valence electrons. The van der Waals surface area contributed by atoms with Crippen molar-refractivity contribution < 1.29 is 33.5 Å². The van der Waals surface area contributed by atoms with Crippen LogP contribution in [0.25, 0.3) is 0 Å². The van der Waals surface area contributed by atoms with Gasteiger partial charge in [0.15, 0.2) is 6.23 Å². The van der Waals surface area contributed by atoms with E-state index >= 15 is 0 Å². The molecule has 12 nitrogen and oxygen atoms in total. The number of aliphatic hydroxyl groups excluding tert-OH is 2. The Morgan fingerprint density at radius 1 is 1.26 bits per heavy atom. The fraction of sp³-hybridized carbons (Fsp3) is 0.435. The number of carbonyl (C=O) groups excluding carboxylic acids is 1. The molecule has 4 N–H and O–H groups in total. The first-order valence-corrected chi connectivity index (χ1v) is 14.3. The summed E-state index contributed by atoms with van der Waals surface area (Å²) in [6, 6.07) is 6.32. The van der Waals surface area contributed by atoms with Crippen LogP contribution in [0.15, 0.2) is 46.1 Å². The molecular formula is C23H29ClN3O9PS. The van der Waals surface area contributed by atoms with Crippen LogP contribution in [0.2, 0.25) is 5.02 Å². The first-order chi connectivity index (χ1) is 17.9. The molecule has 0 aliphatic heterocycles. The molecular weight excluding hydrogens is 561 g/mol. The lowest BCUT2D eigenvalue weighted by atomic mass is 10.2. The van der Waals surface area contributed by atoms with E-state index in [0.29, 0.717) is 5.02 Å². The fourth-order valence-corrected chi connectivity index (χ4v) is 5.43. The Hall–Kier alpha value is -2.53. The van der Waals surface area contributed by atoms with Crippen LogP contribution >= 0.6 is 18.2 Å². The number of nitrogens with one attached hydrogen (secondary N) is 2. The summed E-state index contributed by atoms with van der Waals surface area (Å²) in [7, 11) is 0. The van der Waals surface area contributed by atoms with Crippen LogP contribution in [0.1, 0.15) is 27.0 Å². The Morgan fingerprint density at radius 2 is 1.92 bits per heavy atom. The van der Waals surface area contributed by atoms with Gasteiger partial charge in [0.2, 0.25) is 0 Å². The van der Waals surface area contributed by atoms with Crippen molar-refractivity contribution in [3.63, 3.8) is 0 Å². The molecule has 2 aromatic rings. The zero-order valence-electron chi connectivity index (χ0n) is 20.8. The number of carbonyl (C=O) groups is 1. The second kappa shape index (κ2) is 14.6. The van der Waals surface area contributed by atoms with Gasteiger partial charge in [0.25, 0.3) is 5.56 Å². The quantitative estimate of drug-likeness (QED) is 0.143. The Balaban J connectivity index is 2.30. The van der Waals surface area contributed by atoms with Gasteiger partial charge >= 0.3 is 18.3 Å². The Morgan fingerprint density at radius 3 is 2.47 bits per heavy atom. The number of nitrogens with zero attached hydrogens (tertiary/aromatic N) is 1. The summed E-state index contributed by atoms with van der Waals surface area (Å²) in [5, 5.41) is 23.5. The zero-order chi connectivity index (χ0) is 28.5. The van der Waals surface area contributed by atoms with Crippen LogP contribution in [0.4, 0.5) is 0 Å². The van der Waals surface area contributed by atoms with Crippen LogP contribution in [0.5, 0.6) is 5.75 Å². The predicted octanol–water partition coefficient (Wildman–Crippen LogP) is 1.31. The van der Waals surface area contributed by atoms with E-state index in [0.717, 1.165) is 16.8 Å². The van der Waals surface area contributed by atoms with Crippen molar-refractivity contribution in [1.29, 1.82) is 0 Å². The minimum Gasteiger partial charge on any atom is -0.462 e. The lowest BCUT2D eigenvalue weighted by Gasteiger charge is -2.30. The molecule has 1 aromatic carbocycles. The number of H-pyrrole nitrogens is 1. The molecule has 0 radical (unpaired) electrons. The zero-order valence-corrected chi connectivity index (χ0v) is 23.2. The van der Waals surface area contributed by atoms with Crippen molar-refractivity contribution in [2.75, 3.05) is 13.2 Å². The number of hydrogen-bond donors (Lipinski definition) is 4. The number of ether oxygens (including phenoxy) is 2. The second-order valence-corrected chi connectivity index (χ2v) is 11.7. The van der Waals surface area contributed by atoms with E-state index in [4.69, 9.17) is 48.4 Å². The summed E-state index contributed by atoms with van der Waals surface area (Å²) in [5.74, 6) is 1.77. The van der Waals surface area contributed by atoms with Gasteiger partial charge in [0, 0.05) is 17.3 Å². The van der Waals surface area contributed by atoms with Crippen LogP contribution in [-0.4, -0.2) is 63.3 Å². The number of esters is 1. The summed E-state index contributed by atoms with van der Waals surface area (Å²) in [4.78, 5) is 38.0. The molecule has 0 aliphatic rings. The highest BCUT2D eigenvalue weighted by atomic mass is 35.5. The number of terminal acetylenes is 1. The van der Waals surface area contributed by atoms with Gasteiger partial charge in [0.1, 0.15) is 24.0 Å². The van der Waals surface area contributed by atoms with Gasteiger partial charge in [-0.1, -0.05) is 17.5 Å². The number of hydrogen-bond acceptors (Lipinski definition) is 10. The van der Waals surface area contributed by atoms with Crippen molar-refractivity contribution in [2.24, 2.45) is 0 Å². The maximum Gasteiger partial charge on any atom is 0.330 e. The Labute approximate surface area is 229 Å². The molecule has 0 saturated carbocycles. The minimum atomic E-state index is -3.55. The molecule has 38 heavy (non-hydrogen) atoms. The van der Waals surface area contributed by atoms with Crippen molar-refractivity contribution in [1.82, 2.24) is 14.6 Å². The molecule has 0 saturated heterocycles. The third kappa shape index (κ3) is 9.65. The highest BCUT2D eigenvalue weighted by molar-refractivity contribution is 8.09. The topological polar surface area (TPSA) is 161 Å². The average molecular weight is 590 g/mol. The largest absolute Gasteiger partial charge is 0.462 e. The average Bonchev–Trinajstić information content (AvgIpc) is 2.85. The first kappa shape index (κ1) is 31.7. The van der Waals surface area contributed by atoms with E-state index in [-0.39, 0.29) is 11.9 Å². The molecule has 0 fully saturated rings. The van der Waals surface area contributed by atoms with Crippen LogP contribution < -0.4 is 20.9 Å². The monoisotopic (exact) mass is 589 g/mol. The molecule has 2 unspecified atom stereocenters. The SMILES string of the molecule is C#C[C@H](O)[C@@H](COP(=S)(NC(C)C(=O)OC(C)C)Oc1ccc(Cl)cc1)O[C@H](CO)n1ccc(=O)[nH]c1=O. The van der Waals surface area contributed by atoms with Crippen molar-refractivity contribution in [3.8, 4) is 18.1 Å². The summed E-state index contributed by atoms with van der Waals surface area (Å²) >= 11 is 11.6. The Kier molecular flexibility index (Phi) is 12.2. The van der Waals surface area contributed by atoms with E-state index in [1.54, 1.807) is 38.1 Å². The van der Waals surface area contributed by atoms with E-state index < -0.39 is 61.6 Å². The smallest absolute Gasteiger partial charge is 0.330 e. The van der Waals surface area contributed by atoms with Crippen LogP contribution in [0, 0.1) is 12.3 Å². The molecule has 0 amide bonds. The highest BCUT2D eigenvalue weighted by Gasteiger charge is 2.32. The van der Waals surface area contributed by atoms with Crippen LogP contribution in [-0.2, 0) is 30.6 Å². The van der Waals surface area contributed by atoms with E-state index in [2.05, 4.69) is 11.0 Å². The highest BCUT2D eigenvalue weighted by Crippen LogP contribution is 2.46. The van der Waals surface area contributed by atoms with E-state index in [1.165, 1.54) is 6.92 Å². The number of halogens is 1. The standard InChI is InChI=1S/C23H29ClN3O9PS/c1-5-18(29)19(35-21(12-28)27-11-10-20(30)25-23(27)32)13-33-37(38,26-15(4)22(31)34-14(2)3)36-17-8-6-16(24)7-9-17/h1,6-11,14-15,18-19,21,28-29H,12-13H2,2-4H3,(H,26,38)(H,25,30,32)/t15?,18-,19+,21+,37?/m0/s1. The van der Waals surface area contributed by atoms with E-state index in [9.17, 15) is 24.6 Å². The number of rotatable bonds is 14. The molecule has 1 heterocycles. The maximum atomic E-state index is 12.4.